The molecule has 2 rings (SSSR count). The van der Waals surface area contributed by atoms with Gasteiger partial charge in [-0.2, -0.15) is 9.57 Å². The molecule has 1 fully saturated rings. The number of pyridine rings is 1. The maximum Gasteiger partial charge on any atom is 0.244 e. The zero-order chi connectivity index (χ0) is 15.3. The smallest absolute Gasteiger partial charge is 0.244 e. The van der Waals surface area contributed by atoms with Crippen molar-refractivity contribution >= 4 is 10.0 Å². The standard InChI is InChI=1S/C14H20N4O2S/c1-2-8-18(13-4-3-7-16-10-13)21(19,20)14-6-5-12(9-15)17-11-14/h5-6,11,13,16H,2-4,7-8,10H2,1H3. The summed E-state index contributed by atoms with van der Waals surface area (Å²) in [7, 11) is -3.57. The summed E-state index contributed by atoms with van der Waals surface area (Å²) < 4.78 is 27.2. The Morgan fingerprint density at radius 2 is 2.33 bits per heavy atom. The zero-order valence-electron chi connectivity index (χ0n) is 12.1. The van der Waals surface area contributed by atoms with E-state index in [4.69, 9.17) is 5.26 Å². The van der Waals surface area contributed by atoms with Crippen LogP contribution in [-0.4, -0.2) is 43.4 Å². The second-order valence-corrected chi connectivity index (χ2v) is 7.00. The third-order valence-corrected chi connectivity index (χ3v) is 5.51. The van der Waals surface area contributed by atoms with Crippen molar-refractivity contribution < 1.29 is 8.42 Å². The average molecular weight is 308 g/mol. The van der Waals surface area contributed by atoms with E-state index < -0.39 is 10.0 Å². The highest BCUT2D eigenvalue weighted by molar-refractivity contribution is 7.89. The number of hydrogen-bond donors (Lipinski definition) is 1. The van der Waals surface area contributed by atoms with Crippen LogP contribution >= 0.6 is 0 Å². The Bertz CT molecular complexity index is 601. The van der Waals surface area contributed by atoms with Crippen molar-refractivity contribution in [3.05, 3.63) is 24.0 Å². The van der Waals surface area contributed by atoms with E-state index in [1.54, 1.807) is 4.31 Å². The van der Waals surface area contributed by atoms with Gasteiger partial charge in [0.2, 0.25) is 10.0 Å². The van der Waals surface area contributed by atoms with Crippen LogP contribution in [0.3, 0.4) is 0 Å². The number of rotatable bonds is 5. The molecule has 1 aliphatic rings. The molecule has 1 N–H and O–H groups in total. The van der Waals surface area contributed by atoms with E-state index in [9.17, 15) is 8.42 Å². The van der Waals surface area contributed by atoms with E-state index in [0.29, 0.717) is 13.1 Å². The highest BCUT2D eigenvalue weighted by Crippen LogP contribution is 2.21. The Kier molecular flexibility index (Phi) is 5.28. The first-order valence-electron chi connectivity index (χ1n) is 7.18. The van der Waals surface area contributed by atoms with Crippen molar-refractivity contribution in [2.45, 2.75) is 37.1 Å². The van der Waals surface area contributed by atoms with Gasteiger partial charge in [0.15, 0.2) is 0 Å². The molecule has 1 aromatic heterocycles. The van der Waals surface area contributed by atoms with Gasteiger partial charge >= 0.3 is 0 Å². The fourth-order valence-corrected chi connectivity index (χ4v) is 4.23. The van der Waals surface area contributed by atoms with Crippen LogP contribution in [0.15, 0.2) is 23.2 Å². The van der Waals surface area contributed by atoms with Crippen molar-refractivity contribution in [2.24, 2.45) is 0 Å². The SMILES string of the molecule is CCCN(C1CCCNC1)S(=O)(=O)c1ccc(C#N)nc1. The van der Waals surface area contributed by atoms with E-state index in [-0.39, 0.29) is 16.6 Å². The molecule has 1 unspecified atom stereocenters. The van der Waals surface area contributed by atoms with Crippen LogP contribution in [-0.2, 0) is 10.0 Å². The fraction of sp³-hybridized carbons (Fsp3) is 0.571. The second-order valence-electron chi connectivity index (χ2n) is 5.11. The maximum atomic E-state index is 12.8. The van der Waals surface area contributed by atoms with Crippen molar-refractivity contribution in [1.29, 1.82) is 5.26 Å². The molecule has 0 aliphatic carbocycles. The van der Waals surface area contributed by atoms with Gasteiger partial charge in [0.1, 0.15) is 16.7 Å². The lowest BCUT2D eigenvalue weighted by molar-refractivity contribution is 0.266. The number of hydrogen-bond acceptors (Lipinski definition) is 5. The molecule has 1 atom stereocenters. The molecule has 0 amide bonds. The molecule has 0 radical (unpaired) electrons. The van der Waals surface area contributed by atoms with Crippen LogP contribution in [0.1, 0.15) is 31.9 Å². The predicted molar refractivity (Wildman–Crippen MR) is 79.0 cm³/mol. The monoisotopic (exact) mass is 308 g/mol. The molecule has 114 valence electrons. The number of aromatic nitrogens is 1. The summed E-state index contributed by atoms with van der Waals surface area (Å²) in [6, 6.07) is 4.78. The summed E-state index contributed by atoms with van der Waals surface area (Å²) in [5.74, 6) is 0. The largest absolute Gasteiger partial charge is 0.315 e. The lowest BCUT2D eigenvalue weighted by atomic mass is 10.1. The van der Waals surface area contributed by atoms with Gasteiger partial charge < -0.3 is 5.32 Å². The van der Waals surface area contributed by atoms with E-state index in [0.717, 1.165) is 25.8 Å². The van der Waals surface area contributed by atoms with Crippen LogP contribution in [0, 0.1) is 11.3 Å². The molecular weight excluding hydrogens is 288 g/mol. The number of nitrogens with zero attached hydrogens (tertiary/aromatic N) is 3. The van der Waals surface area contributed by atoms with Crippen LogP contribution in [0.5, 0.6) is 0 Å². The normalized spacial score (nSPS) is 19.4. The third-order valence-electron chi connectivity index (χ3n) is 3.58. The molecule has 1 aromatic rings. The average Bonchev–Trinajstić information content (AvgIpc) is 2.53. The van der Waals surface area contributed by atoms with Gasteiger partial charge in [0, 0.05) is 25.3 Å². The van der Waals surface area contributed by atoms with Gasteiger partial charge in [-0.25, -0.2) is 13.4 Å². The van der Waals surface area contributed by atoms with Gasteiger partial charge in [-0.3, -0.25) is 0 Å². The molecule has 2 heterocycles. The fourth-order valence-electron chi connectivity index (χ4n) is 2.53. The Morgan fingerprint density at radius 3 is 2.86 bits per heavy atom. The summed E-state index contributed by atoms with van der Waals surface area (Å²) in [6.07, 6.45) is 3.88. The second kappa shape index (κ2) is 6.98. The summed E-state index contributed by atoms with van der Waals surface area (Å²) in [6.45, 7) is 4.09. The number of nitriles is 1. The van der Waals surface area contributed by atoms with Crippen molar-refractivity contribution in [1.82, 2.24) is 14.6 Å². The Labute approximate surface area is 125 Å². The molecule has 0 saturated carbocycles. The van der Waals surface area contributed by atoms with E-state index in [1.165, 1.54) is 18.3 Å². The molecule has 21 heavy (non-hydrogen) atoms. The first-order chi connectivity index (χ1) is 10.1. The van der Waals surface area contributed by atoms with Crippen molar-refractivity contribution in [2.75, 3.05) is 19.6 Å². The molecule has 1 saturated heterocycles. The number of nitrogens with one attached hydrogen (secondary N) is 1. The van der Waals surface area contributed by atoms with E-state index in [2.05, 4.69) is 10.3 Å². The summed E-state index contributed by atoms with van der Waals surface area (Å²) in [5, 5.41) is 12.0. The Hall–Kier alpha value is -1.49. The minimum Gasteiger partial charge on any atom is -0.315 e. The minimum atomic E-state index is -3.57. The quantitative estimate of drug-likeness (QED) is 0.880. The third kappa shape index (κ3) is 3.59. The number of piperidine rings is 1. The van der Waals surface area contributed by atoms with Crippen LogP contribution in [0.25, 0.3) is 0 Å². The predicted octanol–water partition coefficient (Wildman–Crippen LogP) is 1.11. The first-order valence-corrected chi connectivity index (χ1v) is 8.62. The van der Waals surface area contributed by atoms with Gasteiger partial charge in [0.25, 0.3) is 0 Å². The van der Waals surface area contributed by atoms with Crippen LogP contribution in [0.2, 0.25) is 0 Å². The highest BCUT2D eigenvalue weighted by Gasteiger charge is 2.31. The number of sulfonamides is 1. The molecule has 6 nitrogen and oxygen atoms in total. The van der Waals surface area contributed by atoms with Gasteiger partial charge in [-0.1, -0.05) is 6.92 Å². The summed E-state index contributed by atoms with van der Waals surface area (Å²) in [4.78, 5) is 4.02. The molecular formula is C14H20N4O2S. The molecule has 1 aliphatic heterocycles. The topological polar surface area (TPSA) is 86.1 Å². The highest BCUT2D eigenvalue weighted by atomic mass is 32.2. The van der Waals surface area contributed by atoms with Crippen LogP contribution in [0.4, 0.5) is 0 Å². The van der Waals surface area contributed by atoms with Crippen LogP contribution < -0.4 is 5.32 Å². The lowest BCUT2D eigenvalue weighted by Crippen LogP contribution is -2.48. The van der Waals surface area contributed by atoms with Crippen molar-refractivity contribution in [3.8, 4) is 6.07 Å². The summed E-state index contributed by atoms with van der Waals surface area (Å²) >= 11 is 0. The minimum absolute atomic E-state index is 0.0145. The van der Waals surface area contributed by atoms with Gasteiger partial charge in [-0.15, -0.1) is 0 Å². The van der Waals surface area contributed by atoms with E-state index >= 15 is 0 Å². The molecule has 7 heteroatoms. The first kappa shape index (κ1) is 15.9. The Morgan fingerprint density at radius 1 is 1.52 bits per heavy atom. The van der Waals surface area contributed by atoms with E-state index in [1.807, 2.05) is 13.0 Å². The van der Waals surface area contributed by atoms with Gasteiger partial charge in [-0.05, 0) is 37.9 Å². The molecule has 0 aromatic carbocycles. The van der Waals surface area contributed by atoms with Crippen molar-refractivity contribution in [3.63, 3.8) is 0 Å². The Balaban J connectivity index is 2.29. The lowest BCUT2D eigenvalue weighted by Gasteiger charge is -2.33. The maximum absolute atomic E-state index is 12.8. The summed E-state index contributed by atoms with van der Waals surface area (Å²) in [5.41, 5.74) is 0.218. The zero-order valence-corrected chi connectivity index (χ0v) is 12.9. The van der Waals surface area contributed by atoms with Gasteiger partial charge in [0.05, 0.1) is 0 Å². The molecule has 0 spiro atoms. The molecule has 0 bridgehead atoms.